The Kier molecular flexibility index (Phi) is 4.55. The van der Waals surface area contributed by atoms with E-state index in [2.05, 4.69) is 5.32 Å². The van der Waals surface area contributed by atoms with E-state index >= 15 is 0 Å². The lowest BCUT2D eigenvalue weighted by molar-refractivity contribution is -0.119. The molecule has 0 saturated carbocycles. The Labute approximate surface area is 138 Å². The first-order chi connectivity index (χ1) is 11.6. The van der Waals surface area contributed by atoms with Crippen LogP contribution in [0.3, 0.4) is 0 Å². The van der Waals surface area contributed by atoms with E-state index < -0.39 is 23.6 Å². The second kappa shape index (κ2) is 6.78. The molecule has 2 aromatic rings. The predicted molar refractivity (Wildman–Crippen MR) is 85.5 cm³/mol. The molecule has 1 unspecified atom stereocenters. The van der Waals surface area contributed by atoms with E-state index in [0.717, 1.165) is 6.07 Å². The lowest BCUT2D eigenvalue weighted by atomic mass is 10.1. The smallest absolute Gasteiger partial charge is 0.254 e. The molecule has 2 amide bonds. The first-order valence-corrected chi connectivity index (χ1v) is 7.68. The summed E-state index contributed by atoms with van der Waals surface area (Å²) in [6.45, 7) is 0.470. The molecule has 1 atom stereocenters. The van der Waals surface area contributed by atoms with Crippen molar-refractivity contribution in [2.45, 2.75) is 18.9 Å². The van der Waals surface area contributed by atoms with Crippen LogP contribution < -0.4 is 5.32 Å². The first-order valence-electron chi connectivity index (χ1n) is 7.68. The van der Waals surface area contributed by atoms with Gasteiger partial charge in [-0.15, -0.1) is 0 Å². The maximum Gasteiger partial charge on any atom is 0.254 e. The van der Waals surface area contributed by atoms with Gasteiger partial charge < -0.3 is 10.2 Å². The third kappa shape index (κ3) is 3.27. The van der Waals surface area contributed by atoms with Crippen molar-refractivity contribution in [2.75, 3.05) is 11.9 Å². The highest BCUT2D eigenvalue weighted by atomic mass is 19.1. The molecule has 0 radical (unpaired) electrons. The molecule has 1 aliphatic rings. The molecule has 0 aliphatic carbocycles. The summed E-state index contributed by atoms with van der Waals surface area (Å²) < 4.78 is 26.6. The zero-order valence-corrected chi connectivity index (χ0v) is 12.8. The summed E-state index contributed by atoms with van der Waals surface area (Å²) in [6, 6.07) is 11.0. The molecule has 1 aliphatic heterocycles. The van der Waals surface area contributed by atoms with Gasteiger partial charge in [-0.3, -0.25) is 9.59 Å². The summed E-state index contributed by atoms with van der Waals surface area (Å²) in [5.41, 5.74) is 0.408. The molecule has 3 rings (SSSR count). The van der Waals surface area contributed by atoms with Crippen LogP contribution in [-0.2, 0) is 4.79 Å². The van der Waals surface area contributed by atoms with Crippen molar-refractivity contribution in [3.05, 3.63) is 65.7 Å². The molecule has 6 heteroatoms. The molecule has 1 N–H and O–H groups in total. The van der Waals surface area contributed by atoms with Gasteiger partial charge in [-0.1, -0.05) is 18.2 Å². The number of amides is 2. The Morgan fingerprint density at radius 2 is 1.83 bits per heavy atom. The van der Waals surface area contributed by atoms with Crippen LogP contribution in [0.4, 0.5) is 14.5 Å². The van der Waals surface area contributed by atoms with Gasteiger partial charge in [0.15, 0.2) is 0 Å². The number of carbonyl (C=O) groups is 2. The summed E-state index contributed by atoms with van der Waals surface area (Å²) in [6.07, 6.45) is 1.20. The molecule has 1 fully saturated rings. The van der Waals surface area contributed by atoms with Crippen LogP contribution >= 0.6 is 0 Å². The highest BCUT2D eigenvalue weighted by Gasteiger charge is 2.34. The molecule has 124 valence electrons. The van der Waals surface area contributed by atoms with Gasteiger partial charge in [0.2, 0.25) is 5.91 Å². The minimum absolute atomic E-state index is 0.0968. The largest absolute Gasteiger partial charge is 0.327 e. The second-order valence-electron chi connectivity index (χ2n) is 5.64. The first kappa shape index (κ1) is 16.1. The SMILES string of the molecule is O=C(Nc1ccc(F)cc1F)C1CCCN1C(=O)c1ccccc1. The minimum Gasteiger partial charge on any atom is -0.327 e. The van der Waals surface area contributed by atoms with E-state index in [4.69, 9.17) is 0 Å². The summed E-state index contributed by atoms with van der Waals surface area (Å²) in [5.74, 6) is -2.26. The number of hydrogen-bond acceptors (Lipinski definition) is 2. The van der Waals surface area contributed by atoms with Crippen molar-refractivity contribution in [1.82, 2.24) is 4.90 Å². The van der Waals surface area contributed by atoms with Crippen molar-refractivity contribution in [2.24, 2.45) is 0 Å². The van der Waals surface area contributed by atoms with Crippen molar-refractivity contribution >= 4 is 17.5 Å². The van der Waals surface area contributed by atoms with Gasteiger partial charge in [0.25, 0.3) is 5.91 Å². The van der Waals surface area contributed by atoms with E-state index in [1.165, 1.54) is 11.0 Å². The van der Waals surface area contributed by atoms with Crippen LogP contribution in [0.25, 0.3) is 0 Å². The van der Waals surface area contributed by atoms with E-state index in [-0.39, 0.29) is 11.6 Å². The van der Waals surface area contributed by atoms with Crippen LogP contribution in [0, 0.1) is 11.6 Å². The lowest BCUT2D eigenvalue weighted by Gasteiger charge is -2.24. The lowest BCUT2D eigenvalue weighted by Crippen LogP contribution is -2.43. The Morgan fingerprint density at radius 3 is 2.54 bits per heavy atom. The molecule has 1 heterocycles. The fraction of sp³-hybridized carbons (Fsp3) is 0.222. The van der Waals surface area contributed by atoms with Gasteiger partial charge in [-0.25, -0.2) is 8.78 Å². The zero-order chi connectivity index (χ0) is 17.1. The van der Waals surface area contributed by atoms with Crippen molar-refractivity contribution in [1.29, 1.82) is 0 Å². The maximum atomic E-state index is 13.7. The molecule has 2 aromatic carbocycles. The van der Waals surface area contributed by atoms with Gasteiger partial charge in [-0.05, 0) is 37.1 Å². The molecule has 4 nitrogen and oxygen atoms in total. The topological polar surface area (TPSA) is 49.4 Å². The second-order valence-corrected chi connectivity index (χ2v) is 5.64. The standard InChI is InChI=1S/C18H16F2N2O2/c19-13-8-9-15(14(20)11-13)21-17(23)16-7-4-10-22(16)18(24)12-5-2-1-3-6-12/h1-3,5-6,8-9,11,16H,4,7,10H2,(H,21,23). The van der Waals surface area contributed by atoms with Gasteiger partial charge in [0.05, 0.1) is 5.69 Å². The number of rotatable bonds is 3. The number of hydrogen-bond donors (Lipinski definition) is 1. The average Bonchev–Trinajstić information content (AvgIpc) is 3.07. The number of anilines is 1. The van der Waals surface area contributed by atoms with Crippen LogP contribution in [0.15, 0.2) is 48.5 Å². The predicted octanol–water partition coefficient (Wildman–Crippen LogP) is 3.21. The third-order valence-corrected chi connectivity index (χ3v) is 4.03. The Bertz CT molecular complexity index is 765. The van der Waals surface area contributed by atoms with Gasteiger partial charge >= 0.3 is 0 Å². The maximum absolute atomic E-state index is 13.7. The normalized spacial score (nSPS) is 16.9. The third-order valence-electron chi connectivity index (χ3n) is 4.03. The van der Waals surface area contributed by atoms with Crippen LogP contribution in [0.5, 0.6) is 0 Å². The molecular weight excluding hydrogens is 314 g/mol. The molecule has 1 saturated heterocycles. The highest BCUT2D eigenvalue weighted by Crippen LogP contribution is 2.23. The van der Waals surface area contributed by atoms with E-state index in [1.54, 1.807) is 24.3 Å². The van der Waals surface area contributed by atoms with Crippen molar-refractivity contribution < 1.29 is 18.4 Å². The summed E-state index contributed by atoms with van der Waals surface area (Å²) in [5, 5.41) is 2.44. The summed E-state index contributed by atoms with van der Waals surface area (Å²) in [4.78, 5) is 26.5. The summed E-state index contributed by atoms with van der Waals surface area (Å²) >= 11 is 0. The number of likely N-dealkylation sites (tertiary alicyclic amines) is 1. The molecule has 24 heavy (non-hydrogen) atoms. The Hall–Kier alpha value is -2.76. The van der Waals surface area contributed by atoms with Gasteiger partial charge in [0.1, 0.15) is 17.7 Å². The fourth-order valence-electron chi connectivity index (χ4n) is 2.84. The minimum atomic E-state index is -0.845. The van der Waals surface area contributed by atoms with E-state index in [1.807, 2.05) is 6.07 Å². The number of carbonyl (C=O) groups excluding carboxylic acids is 2. The number of halogens is 2. The number of nitrogens with zero attached hydrogens (tertiary/aromatic N) is 1. The van der Waals surface area contributed by atoms with E-state index in [9.17, 15) is 18.4 Å². The van der Waals surface area contributed by atoms with Crippen LogP contribution in [-0.4, -0.2) is 29.3 Å². The molecule has 0 aromatic heterocycles. The fourth-order valence-corrected chi connectivity index (χ4v) is 2.84. The van der Waals surface area contributed by atoms with Crippen molar-refractivity contribution in [3.8, 4) is 0 Å². The summed E-state index contributed by atoms with van der Waals surface area (Å²) in [7, 11) is 0. The molecule has 0 spiro atoms. The molecular formula is C18H16F2N2O2. The van der Waals surface area contributed by atoms with Crippen molar-refractivity contribution in [3.63, 3.8) is 0 Å². The Balaban J connectivity index is 1.75. The zero-order valence-electron chi connectivity index (χ0n) is 12.8. The average molecular weight is 330 g/mol. The molecule has 0 bridgehead atoms. The van der Waals surface area contributed by atoms with Gasteiger partial charge in [0, 0.05) is 18.2 Å². The van der Waals surface area contributed by atoms with Crippen LogP contribution in [0.2, 0.25) is 0 Å². The van der Waals surface area contributed by atoms with Gasteiger partial charge in [-0.2, -0.15) is 0 Å². The van der Waals surface area contributed by atoms with Crippen LogP contribution in [0.1, 0.15) is 23.2 Å². The van der Waals surface area contributed by atoms with E-state index in [0.29, 0.717) is 31.0 Å². The number of nitrogens with one attached hydrogen (secondary N) is 1. The quantitative estimate of drug-likeness (QED) is 0.939. The highest BCUT2D eigenvalue weighted by molar-refractivity contribution is 6.01. The Morgan fingerprint density at radius 1 is 1.08 bits per heavy atom. The monoisotopic (exact) mass is 330 g/mol. The number of benzene rings is 2.